The largest absolute Gasteiger partial charge is 0.437 e. The van der Waals surface area contributed by atoms with Crippen molar-refractivity contribution in [2.45, 2.75) is 38.3 Å². The second-order valence-corrected chi connectivity index (χ2v) is 8.61. The van der Waals surface area contributed by atoms with Gasteiger partial charge in [-0.3, -0.25) is 4.79 Å². The fraction of sp³-hybridized carbons (Fsp3) is 0.259. The molecule has 34 heavy (non-hydrogen) atoms. The lowest BCUT2D eigenvalue weighted by atomic mass is 9.84. The zero-order chi connectivity index (χ0) is 24.5. The molecule has 1 aliphatic rings. The van der Waals surface area contributed by atoms with Gasteiger partial charge in [-0.1, -0.05) is 36.4 Å². The fourth-order valence-electron chi connectivity index (χ4n) is 4.45. The number of carbonyl (C=O) groups excluding carboxylic acids is 2. The molecule has 4 nitrogen and oxygen atoms in total. The molecule has 1 heterocycles. The highest BCUT2D eigenvalue weighted by atomic mass is 19.1. The first kappa shape index (κ1) is 23.5. The highest BCUT2D eigenvalue weighted by molar-refractivity contribution is 5.78. The number of ether oxygens (including phenoxy) is 1. The molecule has 1 saturated heterocycles. The number of benzene rings is 3. The zero-order valence-corrected chi connectivity index (χ0v) is 18.9. The zero-order valence-electron chi connectivity index (χ0n) is 18.9. The van der Waals surface area contributed by atoms with Crippen LogP contribution in [0.2, 0.25) is 0 Å². The Balaban J connectivity index is 1.54. The monoisotopic (exact) mass is 467 g/mol. The van der Waals surface area contributed by atoms with Crippen LogP contribution >= 0.6 is 0 Å². The Labute approximate surface area is 196 Å². The number of halogens is 3. The molecule has 1 aliphatic heterocycles. The van der Waals surface area contributed by atoms with Crippen LogP contribution in [0.4, 0.5) is 18.0 Å². The molecule has 176 valence electrons. The number of Topliss-reactive ketones (excluding diaryl/α,β-unsaturated/α-hetero) is 1. The first-order valence-electron chi connectivity index (χ1n) is 11.0. The summed E-state index contributed by atoms with van der Waals surface area (Å²) in [7, 11) is 0. The van der Waals surface area contributed by atoms with Crippen molar-refractivity contribution in [2.24, 2.45) is 0 Å². The van der Waals surface area contributed by atoms with Crippen LogP contribution in [0.15, 0.2) is 66.7 Å². The van der Waals surface area contributed by atoms with Crippen molar-refractivity contribution in [3.63, 3.8) is 0 Å². The van der Waals surface area contributed by atoms with Gasteiger partial charge < -0.3 is 9.64 Å². The lowest BCUT2D eigenvalue weighted by Gasteiger charge is -2.43. The molecule has 3 aromatic rings. The van der Waals surface area contributed by atoms with E-state index < -0.39 is 29.1 Å². The van der Waals surface area contributed by atoms with Gasteiger partial charge >= 0.3 is 6.09 Å². The Kier molecular flexibility index (Phi) is 6.46. The van der Waals surface area contributed by atoms with E-state index in [1.54, 1.807) is 29.2 Å². The second kappa shape index (κ2) is 9.33. The van der Waals surface area contributed by atoms with E-state index in [9.17, 15) is 22.8 Å². The van der Waals surface area contributed by atoms with E-state index in [4.69, 9.17) is 4.74 Å². The highest BCUT2D eigenvalue weighted by Crippen LogP contribution is 2.40. The summed E-state index contributed by atoms with van der Waals surface area (Å²) in [6.07, 6.45) is -0.199. The molecule has 1 amide bonds. The number of rotatable bonds is 6. The maximum absolute atomic E-state index is 14.1. The minimum Gasteiger partial charge on any atom is -0.437 e. The molecule has 0 bridgehead atoms. The van der Waals surface area contributed by atoms with Crippen molar-refractivity contribution < 1.29 is 27.5 Å². The van der Waals surface area contributed by atoms with Gasteiger partial charge in [0.2, 0.25) is 0 Å². The van der Waals surface area contributed by atoms with E-state index in [0.717, 1.165) is 11.6 Å². The Bertz CT molecular complexity index is 1210. The van der Waals surface area contributed by atoms with Crippen LogP contribution in [0.25, 0.3) is 11.1 Å². The minimum atomic E-state index is -1.14. The molecule has 0 spiro atoms. The smallest absolute Gasteiger partial charge is 0.411 e. The molecule has 0 N–H and O–H groups in total. The Morgan fingerprint density at radius 3 is 2.24 bits per heavy atom. The van der Waals surface area contributed by atoms with E-state index in [2.05, 4.69) is 0 Å². The summed E-state index contributed by atoms with van der Waals surface area (Å²) in [6.45, 7) is 3.61. The van der Waals surface area contributed by atoms with Gasteiger partial charge in [-0.25, -0.2) is 18.0 Å². The number of hydrogen-bond donors (Lipinski definition) is 0. The number of amides is 1. The van der Waals surface area contributed by atoms with Gasteiger partial charge in [0.05, 0.1) is 12.5 Å². The predicted octanol–water partition coefficient (Wildman–Crippen LogP) is 6.55. The van der Waals surface area contributed by atoms with Crippen molar-refractivity contribution >= 4 is 11.9 Å². The lowest BCUT2D eigenvalue weighted by molar-refractivity contribution is -0.126. The van der Waals surface area contributed by atoms with Crippen molar-refractivity contribution in [1.82, 2.24) is 4.90 Å². The number of ketones is 1. The molecule has 1 fully saturated rings. The predicted molar refractivity (Wildman–Crippen MR) is 121 cm³/mol. The summed E-state index contributed by atoms with van der Waals surface area (Å²) in [6, 6.07) is 15.7. The maximum atomic E-state index is 14.1. The van der Waals surface area contributed by atoms with E-state index in [0.29, 0.717) is 24.1 Å². The summed E-state index contributed by atoms with van der Waals surface area (Å²) < 4.78 is 46.6. The van der Waals surface area contributed by atoms with Crippen LogP contribution in [0.3, 0.4) is 0 Å². The quantitative estimate of drug-likeness (QED) is 0.413. The lowest BCUT2D eigenvalue weighted by Crippen LogP contribution is -2.49. The van der Waals surface area contributed by atoms with Gasteiger partial charge in [0.25, 0.3) is 0 Å². The third-order valence-corrected chi connectivity index (χ3v) is 6.28. The van der Waals surface area contributed by atoms with Crippen LogP contribution in [0.5, 0.6) is 0 Å². The summed E-state index contributed by atoms with van der Waals surface area (Å²) >= 11 is 0. The third kappa shape index (κ3) is 4.69. The molecule has 0 aromatic heterocycles. The van der Waals surface area contributed by atoms with Gasteiger partial charge in [0.1, 0.15) is 28.8 Å². The molecule has 2 atom stereocenters. The number of hydrogen-bond acceptors (Lipinski definition) is 3. The fourth-order valence-corrected chi connectivity index (χ4v) is 4.45. The molecule has 7 heteroatoms. The first-order valence-corrected chi connectivity index (χ1v) is 11.0. The highest BCUT2D eigenvalue weighted by Gasteiger charge is 2.44. The van der Waals surface area contributed by atoms with Gasteiger partial charge in [0, 0.05) is 24.6 Å². The van der Waals surface area contributed by atoms with Crippen molar-refractivity contribution in [2.75, 3.05) is 6.54 Å². The summed E-state index contributed by atoms with van der Waals surface area (Å²) in [5.41, 5.74) is 1.12. The van der Waals surface area contributed by atoms with E-state index in [-0.39, 0.29) is 23.8 Å². The number of nitrogens with zero attached hydrogens (tertiary/aromatic N) is 1. The van der Waals surface area contributed by atoms with Crippen molar-refractivity contribution in [3.8, 4) is 11.1 Å². The second-order valence-electron chi connectivity index (χ2n) is 8.61. The summed E-state index contributed by atoms with van der Waals surface area (Å²) in [5.74, 6) is -1.84. The minimum absolute atomic E-state index is 0.00449. The summed E-state index contributed by atoms with van der Waals surface area (Å²) in [5, 5.41) is 0. The van der Waals surface area contributed by atoms with Gasteiger partial charge in [-0.15, -0.1) is 0 Å². The van der Waals surface area contributed by atoms with E-state index in [1.807, 2.05) is 6.92 Å². The maximum Gasteiger partial charge on any atom is 0.411 e. The molecule has 4 rings (SSSR count). The van der Waals surface area contributed by atoms with Crippen LogP contribution < -0.4 is 0 Å². The standard InChI is InChI=1S/C27H24F3NO3/c1-17(32)16-27(21-7-9-22(28)10-8-21)13-14-31(26(33)34-27)18(2)19-3-5-20(6-4-19)24-12-11-23(29)15-25(24)30/h3-12,15,18H,13-14,16H2,1-2H3/t18-,27-/m0/s1. The first-order chi connectivity index (χ1) is 16.2. The Morgan fingerprint density at radius 1 is 1.00 bits per heavy atom. The van der Waals surface area contributed by atoms with Gasteiger partial charge in [-0.2, -0.15) is 0 Å². The van der Waals surface area contributed by atoms with Crippen molar-refractivity contribution in [3.05, 3.63) is 95.3 Å². The molecule has 0 radical (unpaired) electrons. The average molecular weight is 467 g/mol. The summed E-state index contributed by atoms with van der Waals surface area (Å²) in [4.78, 5) is 26.6. The van der Waals surface area contributed by atoms with Crippen molar-refractivity contribution in [1.29, 1.82) is 0 Å². The van der Waals surface area contributed by atoms with Crippen LogP contribution in [-0.4, -0.2) is 23.3 Å². The molecule has 0 unspecified atom stereocenters. The third-order valence-electron chi connectivity index (χ3n) is 6.28. The topological polar surface area (TPSA) is 46.6 Å². The SMILES string of the molecule is CC(=O)C[C@]1(c2ccc(F)cc2)CCN([C@@H](C)c2ccc(-c3ccc(F)cc3F)cc2)C(=O)O1. The van der Waals surface area contributed by atoms with E-state index in [1.165, 1.54) is 43.3 Å². The average Bonchev–Trinajstić information content (AvgIpc) is 2.79. The van der Waals surface area contributed by atoms with Crippen LogP contribution in [0, 0.1) is 17.5 Å². The van der Waals surface area contributed by atoms with Gasteiger partial charge in [0.15, 0.2) is 0 Å². The Hall–Kier alpha value is -3.61. The molecular weight excluding hydrogens is 443 g/mol. The van der Waals surface area contributed by atoms with Gasteiger partial charge in [-0.05, 0) is 54.8 Å². The normalized spacial score (nSPS) is 19.0. The molecule has 0 aliphatic carbocycles. The van der Waals surface area contributed by atoms with Crippen LogP contribution in [0.1, 0.15) is 43.9 Å². The Morgan fingerprint density at radius 2 is 1.65 bits per heavy atom. The van der Waals surface area contributed by atoms with Crippen LogP contribution in [-0.2, 0) is 15.1 Å². The number of cyclic esters (lactones) is 1. The molecule has 3 aromatic carbocycles. The molecule has 0 saturated carbocycles. The number of carbonyl (C=O) groups is 2. The van der Waals surface area contributed by atoms with E-state index >= 15 is 0 Å². The molecular formula is C27H24F3NO3.